The third kappa shape index (κ3) is 3.71. The van der Waals surface area contributed by atoms with E-state index >= 15 is 0 Å². The van der Waals surface area contributed by atoms with Crippen LogP contribution in [0.25, 0.3) is 5.70 Å². The van der Waals surface area contributed by atoms with Crippen molar-refractivity contribution in [2.24, 2.45) is 11.7 Å². The Morgan fingerprint density at radius 1 is 1.60 bits per heavy atom. The molecule has 1 aliphatic rings. The van der Waals surface area contributed by atoms with Gasteiger partial charge in [-0.3, -0.25) is 0 Å². The maximum absolute atomic E-state index is 9.10. The quantitative estimate of drug-likeness (QED) is 0.726. The van der Waals surface area contributed by atoms with Crippen molar-refractivity contribution in [3.8, 4) is 0 Å². The molecule has 7 heteroatoms. The van der Waals surface area contributed by atoms with Gasteiger partial charge in [-0.2, -0.15) is 0 Å². The molecular weight excluding hydrogens is 295 g/mol. The number of hydrogen-bond donors (Lipinski definition) is 3. The summed E-state index contributed by atoms with van der Waals surface area (Å²) in [6.45, 7) is 2.61. The van der Waals surface area contributed by atoms with Gasteiger partial charge in [0.1, 0.15) is 0 Å². The van der Waals surface area contributed by atoms with Gasteiger partial charge in [0, 0.05) is 29.2 Å². The highest BCUT2D eigenvalue weighted by Gasteiger charge is 2.28. The largest absolute Gasteiger partial charge is 0.399 e. The van der Waals surface area contributed by atoms with Crippen molar-refractivity contribution in [3.05, 3.63) is 30.1 Å². The minimum atomic E-state index is -3.53. The summed E-state index contributed by atoms with van der Waals surface area (Å²) in [5.74, 6) is 0.313. The molecule has 5 nitrogen and oxygen atoms in total. The smallest absolute Gasteiger partial charge is 0.321 e. The molecule has 0 aliphatic heterocycles. The van der Waals surface area contributed by atoms with E-state index in [1.807, 2.05) is 19.2 Å². The average Bonchev–Trinajstić information content (AvgIpc) is 2.91. The highest BCUT2D eigenvalue weighted by atomic mass is 32.5. The monoisotopic (exact) mass is 316 g/mol. The molecule has 2 atom stereocenters. The minimum absolute atomic E-state index is 0.313. The molecule has 1 saturated carbocycles. The molecule has 0 saturated heterocycles. The maximum atomic E-state index is 9.10. The van der Waals surface area contributed by atoms with Crippen LogP contribution in [0.4, 0.5) is 0 Å². The summed E-state index contributed by atoms with van der Waals surface area (Å²) < 4.78 is 7.19. The van der Waals surface area contributed by atoms with Crippen molar-refractivity contribution < 1.29 is 14.3 Å². The number of nitrogens with zero attached hydrogens (tertiary/aromatic N) is 1. The first kappa shape index (κ1) is 15.7. The van der Waals surface area contributed by atoms with E-state index in [9.17, 15) is 0 Å². The molecule has 0 radical (unpaired) electrons. The summed E-state index contributed by atoms with van der Waals surface area (Å²) in [6.07, 6.45) is 5.02. The second-order valence-corrected chi connectivity index (χ2v) is 8.03. The normalized spacial score (nSPS) is 23.1. The van der Waals surface area contributed by atoms with Crippen LogP contribution in [0.2, 0.25) is 0 Å². The topological polar surface area (TPSA) is 80.6 Å². The highest BCUT2D eigenvalue weighted by Crippen LogP contribution is 2.41. The number of rotatable bonds is 5. The van der Waals surface area contributed by atoms with Crippen molar-refractivity contribution in [1.82, 2.24) is 4.57 Å². The lowest BCUT2D eigenvalue weighted by atomic mass is 10.1. The second kappa shape index (κ2) is 6.00. The lowest BCUT2D eigenvalue weighted by Crippen LogP contribution is -2.09. The van der Waals surface area contributed by atoms with Gasteiger partial charge < -0.3 is 24.6 Å². The number of nitrogens with two attached hydrogens (primary N) is 1. The lowest BCUT2D eigenvalue weighted by molar-refractivity contribution is 0.208. The van der Waals surface area contributed by atoms with Crippen molar-refractivity contribution in [3.63, 3.8) is 0 Å². The Morgan fingerprint density at radius 3 is 2.85 bits per heavy atom. The van der Waals surface area contributed by atoms with Crippen molar-refractivity contribution in [2.45, 2.75) is 32.2 Å². The van der Waals surface area contributed by atoms with E-state index in [4.69, 9.17) is 20.0 Å². The fraction of sp³-hybridized carbons (Fsp3) is 0.538. The predicted molar refractivity (Wildman–Crippen MR) is 83.4 cm³/mol. The molecule has 2 rings (SSSR count). The van der Waals surface area contributed by atoms with E-state index < -0.39 is 6.72 Å². The SMILES string of the molecule is C=C(N)c1ccn([C@H]2CC[C@@H](COP(O)(O)=S)C2)c1C. The first-order chi connectivity index (χ1) is 9.28. The molecule has 112 valence electrons. The van der Waals surface area contributed by atoms with E-state index in [-0.39, 0.29) is 0 Å². The molecule has 20 heavy (non-hydrogen) atoms. The van der Waals surface area contributed by atoms with Crippen LogP contribution in [-0.2, 0) is 16.3 Å². The second-order valence-electron chi connectivity index (χ2n) is 5.37. The Kier molecular flexibility index (Phi) is 4.72. The van der Waals surface area contributed by atoms with Crippen LogP contribution < -0.4 is 5.73 Å². The summed E-state index contributed by atoms with van der Waals surface area (Å²) in [7, 11) is 0. The maximum Gasteiger partial charge on any atom is 0.321 e. The fourth-order valence-corrected chi connectivity index (χ4v) is 3.50. The zero-order valence-electron chi connectivity index (χ0n) is 11.5. The van der Waals surface area contributed by atoms with Gasteiger partial charge in [-0.25, -0.2) is 0 Å². The Bertz CT molecular complexity index is 552. The van der Waals surface area contributed by atoms with Gasteiger partial charge in [0.05, 0.1) is 6.61 Å². The molecule has 0 amide bonds. The average molecular weight is 316 g/mol. The van der Waals surface area contributed by atoms with Gasteiger partial charge in [-0.1, -0.05) is 6.58 Å². The van der Waals surface area contributed by atoms with E-state index in [0.717, 1.165) is 30.5 Å². The summed E-state index contributed by atoms with van der Waals surface area (Å²) in [5, 5.41) is 0. The van der Waals surface area contributed by atoms with Gasteiger partial charge in [0.2, 0.25) is 0 Å². The summed E-state index contributed by atoms with van der Waals surface area (Å²) in [4.78, 5) is 18.2. The van der Waals surface area contributed by atoms with Gasteiger partial charge in [-0.15, -0.1) is 0 Å². The van der Waals surface area contributed by atoms with E-state index in [1.54, 1.807) is 0 Å². The molecule has 1 heterocycles. The van der Waals surface area contributed by atoms with Crippen LogP contribution in [0.1, 0.15) is 36.6 Å². The first-order valence-electron chi connectivity index (χ1n) is 6.60. The van der Waals surface area contributed by atoms with Crippen LogP contribution in [-0.4, -0.2) is 21.0 Å². The molecular formula is C13H21N2O3PS. The zero-order chi connectivity index (χ0) is 14.9. The van der Waals surface area contributed by atoms with Crippen LogP contribution in [0.5, 0.6) is 0 Å². The van der Waals surface area contributed by atoms with Gasteiger partial charge in [-0.05, 0) is 50.0 Å². The highest BCUT2D eigenvalue weighted by molar-refractivity contribution is 8.06. The molecule has 1 fully saturated rings. The minimum Gasteiger partial charge on any atom is -0.399 e. The first-order valence-corrected chi connectivity index (χ1v) is 9.23. The van der Waals surface area contributed by atoms with Crippen LogP contribution in [0, 0.1) is 12.8 Å². The van der Waals surface area contributed by atoms with Gasteiger partial charge >= 0.3 is 6.72 Å². The van der Waals surface area contributed by atoms with E-state index in [2.05, 4.69) is 23.0 Å². The molecule has 0 spiro atoms. The van der Waals surface area contributed by atoms with Crippen LogP contribution >= 0.6 is 6.72 Å². The van der Waals surface area contributed by atoms with E-state index in [0.29, 0.717) is 24.3 Å². The number of aromatic nitrogens is 1. The molecule has 1 aromatic rings. The molecule has 4 N–H and O–H groups in total. The summed E-state index contributed by atoms with van der Waals surface area (Å²) >= 11 is 4.47. The molecule has 0 aromatic carbocycles. The summed E-state index contributed by atoms with van der Waals surface area (Å²) in [5.41, 5.74) is 8.46. The third-order valence-electron chi connectivity index (χ3n) is 3.91. The molecule has 1 aromatic heterocycles. The van der Waals surface area contributed by atoms with Gasteiger partial charge in [0.25, 0.3) is 0 Å². The van der Waals surface area contributed by atoms with Crippen LogP contribution in [0.3, 0.4) is 0 Å². The Hall–Kier alpha value is -0.650. The zero-order valence-corrected chi connectivity index (χ0v) is 13.2. The number of hydrogen-bond acceptors (Lipinski definition) is 3. The Labute approximate surface area is 124 Å². The van der Waals surface area contributed by atoms with Crippen molar-refractivity contribution in [2.75, 3.05) is 6.61 Å². The molecule has 0 bridgehead atoms. The predicted octanol–water partition coefficient (Wildman–Crippen LogP) is 2.29. The Balaban J connectivity index is 1.99. The van der Waals surface area contributed by atoms with Crippen molar-refractivity contribution in [1.29, 1.82) is 0 Å². The van der Waals surface area contributed by atoms with Crippen LogP contribution in [0.15, 0.2) is 18.8 Å². The fourth-order valence-electron chi connectivity index (χ4n) is 2.92. The van der Waals surface area contributed by atoms with E-state index in [1.165, 1.54) is 0 Å². The lowest BCUT2D eigenvalue weighted by Gasteiger charge is -2.17. The van der Waals surface area contributed by atoms with Crippen molar-refractivity contribution >= 4 is 24.2 Å². The Morgan fingerprint density at radius 2 is 2.30 bits per heavy atom. The van der Waals surface area contributed by atoms with Gasteiger partial charge in [0.15, 0.2) is 0 Å². The third-order valence-corrected chi connectivity index (χ3v) is 4.71. The molecule has 0 unspecified atom stereocenters. The molecule has 1 aliphatic carbocycles. The summed E-state index contributed by atoms with van der Waals surface area (Å²) in [6, 6.07) is 2.38. The standard InChI is InChI=1S/C13H21N2O3PS/c1-9(14)13-5-6-15(10(13)2)12-4-3-11(7-12)8-18-19(16,17)20/h5-6,11-12H,1,3-4,7-8,14H2,2H3,(H2,16,17,20)/t11-,12+/m1/s1.